The second-order valence-corrected chi connectivity index (χ2v) is 7.55. The molecular formula is C20H20BrCl2N5. The van der Waals surface area contributed by atoms with Crippen LogP contribution in [0.2, 0.25) is 10.0 Å². The highest BCUT2D eigenvalue weighted by molar-refractivity contribution is 9.12. The zero-order valence-corrected chi connectivity index (χ0v) is 18.6. The van der Waals surface area contributed by atoms with Gasteiger partial charge in [0.2, 0.25) is 0 Å². The number of hydrogen-bond acceptors (Lipinski definition) is 5. The number of aromatic nitrogens is 1. The molecule has 0 atom stereocenters. The quantitative estimate of drug-likeness (QED) is 0.413. The monoisotopic (exact) mass is 479 g/mol. The number of hydrazone groups is 1. The van der Waals surface area contributed by atoms with Crippen molar-refractivity contribution in [1.82, 2.24) is 15.3 Å². The topological polar surface area (TPSA) is 52.9 Å². The molecule has 28 heavy (non-hydrogen) atoms. The smallest absolute Gasteiger partial charge is 0.124 e. The third-order valence-electron chi connectivity index (χ3n) is 3.64. The molecule has 0 fully saturated rings. The van der Waals surface area contributed by atoms with Gasteiger partial charge in [0, 0.05) is 54.2 Å². The Morgan fingerprint density at radius 1 is 1.36 bits per heavy atom. The molecule has 146 valence electrons. The van der Waals surface area contributed by atoms with Gasteiger partial charge in [-0.25, -0.2) is 0 Å². The van der Waals surface area contributed by atoms with Gasteiger partial charge in [-0.1, -0.05) is 35.8 Å². The molecule has 0 radical (unpaired) electrons. The Morgan fingerprint density at radius 3 is 2.75 bits per heavy atom. The number of nitrogens with zero attached hydrogens (tertiary/aromatic N) is 4. The first-order valence-corrected chi connectivity index (χ1v) is 9.84. The molecule has 0 saturated carbocycles. The molecule has 0 aliphatic carbocycles. The van der Waals surface area contributed by atoms with E-state index in [1.54, 1.807) is 42.8 Å². The number of nitrogens with one attached hydrogen (secondary N) is 1. The first-order chi connectivity index (χ1) is 13.4. The molecule has 1 aromatic heterocycles. The van der Waals surface area contributed by atoms with Crippen LogP contribution < -0.4 is 5.32 Å². The van der Waals surface area contributed by atoms with E-state index < -0.39 is 0 Å². The van der Waals surface area contributed by atoms with Gasteiger partial charge in [-0.05, 0) is 45.8 Å². The Balaban J connectivity index is 2.35. The summed E-state index contributed by atoms with van der Waals surface area (Å²) in [6.45, 7) is 4.33. The summed E-state index contributed by atoms with van der Waals surface area (Å²) in [7, 11) is 3.53. The zero-order chi connectivity index (χ0) is 20.5. The summed E-state index contributed by atoms with van der Waals surface area (Å²) >= 11 is 15.6. The fraction of sp³-hybridized carbons (Fsp3) is 0.150. The maximum Gasteiger partial charge on any atom is 0.124 e. The summed E-state index contributed by atoms with van der Waals surface area (Å²) in [5.74, 6) is 0.723. The molecule has 2 rings (SSSR count). The van der Waals surface area contributed by atoms with Crippen molar-refractivity contribution in [2.45, 2.75) is 6.54 Å². The summed E-state index contributed by atoms with van der Waals surface area (Å²) in [6.07, 6.45) is 7.03. The van der Waals surface area contributed by atoms with E-state index in [0.29, 0.717) is 26.8 Å². The van der Waals surface area contributed by atoms with Gasteiger partial charge >= 0.3 is 0 Å². The first kappa shape index (κ1) is 22.1. The average Bonchev–Trinajstić information content (AvgIpc) is 2.68. The van der Waals surface area contributed by atoms with Crippen molar-refractivity contribution in [3.05, 3.63) is 86.9 Å². The number of hydrogen-bond donors (Lipinski definition) is 1. The van der Waals surface area contributed by atoms with E-state index in [4.69, 9.17) is 23.2 Å². The van der Waals surface area contributed by atoms with Gasteiger partial charge in [0.25, 0.3) is 0 Å². The lowest BCUT2D eigenvalue weighted by molar-refractivity contribution is 0.408. The van der Waals surface area contributed by atoms with Crippen LogP contribution >= 0.6 is 39.1 Å². The van der Waals surface area contributed by atoms with Crippen LogP contribution in [0.25, 0.3) is 0 Å². The van der Waals surface area contributed by atoms with Crippen LogP contribution in [0.4, 0.5) is 0 Å². The van der Waals surface area contributed by atoms with Crippen LogP contribution in [-0.2, 0) is 6.54 Å². The van der Waals surface area contributed by atoms with E-state index in [9.17, 15) is 0 Å². The predicted molar refractivity (Wildman–Crippen MR) is 122 cm³/mol. The van der Waals surface area contributed by atoms with Crippen molar-refractivity contribution in [2.24, 2.45) is 10.1 Å². The van der Waals surface area contributed by atoms with E-state index in [1.165, 1.54) is 0 Å². The molecule has 0 aliphatic rings. The van der Waals surface area contributed by atoms with Crippen molar-refractivity contribution in [2.75, 3.05) is 14.1 Å². The number of benzene rings is 1. The van der Waals surface area contributed by atoms with E-state index in [2.05, 4.69) is 42.9 Å². The molecule has 0 spiro atoms. The molecule has 0 unspecified atom stereocenters. The predicted octanol–water partition coefficient (Wildman–Crippen LogP) is 5.26. The number of aliphatic imine (C=N–C) groups is 1. The summed E-state index contributed by atoms with van der Waals surface area (Å²) in [4.78, 5) is 8.51. The molecular weight excluding hydrogens is 461 g/mol. The molecule has 1 heterocycles. The van der Waals surface area contributed by atoms with Crippen molar-refractivity contribution >= 4 is 51.1 Å². The van der Waals surface area contributed by atoms with Gasteiger partial charge < -0.3 is 5.32 Å². The molecule has 2 aromatic rings. The summed E-state index contributed by atoms with van der Waals surface area (Å²) < 4.78 is 0.663. The molecule has 0 saturated heterocycles. The van der Waals surface area contributed by atoms with Gasteiger partial charge in [0.15, 0.2) is 0 Å². The average molecular weight is 481 g/mol. The first-order valence-electron chi connectivity index (χ1n) is 8.29. The second kappa shape index (κ2) is 11.0. The molecule has 0 bridgehead atoms. The fourth-order valence-corrected chi connectivity index (χ4v) is 2.85. The van der Waals surface area contributed by atoms with E-state index in [0.717, 1.165) is 16.9 Å². The molecule has 0 aliphatic heterocycles. The second-order valence-electron chi connectivity index (χ2n) is 5.69. The minimum Gasteiger partial charge on any atom is -0.366 e. The van der Waals surface area contributed by atoms with Crippen molar-refractivity contribution in [3.63, 3.8) is 0 Å². The Hall–Kier alpha value is -2.15. The summed E-state index contributed by atoms with van der Waals surface area (Å²) in [5, 5.41) is 10.5. The van der Waals surface area contributed by atoms with Crippen LogP contribution in [0.1, 0.15) is 11.1 Å². The Kier molecular flexibility index (Phi) is 8.70. The maximum atomic E-state index is 6.36. The van der Waals surface area contributed by atoms with Crippen molar-refractivity contribution in [1.29, 1.82) is 0 Å². The highest BCUT2D eigenvalue weighted by atomic mass is 79.9. The summed E-state index contributed by atoms with van der Waals surface area (Å²) in [5.41, 5.74) is 2.50. The largest absolute Gasteiger partial charge is 0.366 e. The van der Waals surface area contributed by atoms with Gasteiger partial charge in [-0.3, -0.25) is 15.0 Å². The molecule has 5 nitrogen and oxygen atoms in total. The van der Waals surface area contributed by atoms with E-state index >= 15 is 0 Å². The molecule has 0 amide bonds. The minimum absolute atomic E-state index is 0.524. The third kappa shape index (κ3) is 6.78. The van der Waals surface area contributed by atoms with E-state index in [1.807, 2.05) is 31.3 Å². The Bertz CT molecular complexity index is 910. The van der Waals surface area contributed by atoms with Crippen LogP contribution in [0.15, 0.2) is 75.8 Å². The molecule has 1 N–H and O–H groups in total. The van der Waals surface area contributed by atoms with Gasteiger partial charge in [-0.2, -0.15) is 5.10 Å². The van der Waals surface area contributed by atoms with E-state index in [-0.39, 0.29) is 0 Å². The molecule has 8 heteroatoms. The maximum absolute atomic E-state index is 6.36. The standard InChI is InChI=1S/C20H20BrCl2N5/c1-14(21)11-27-28(3)20(26-13-15-5-4-8-25-12-15)10-19(24-2)17-7-6-16(22)9-18(17)23/h4-12,26H,1,13H2,2-3H3/b20-10-,24-19+,27-11-. The van der Waals surface area contributed by atoms with Crippen molar-refractivity contribution < 1.29 is 0 Å². The lowest BCUT2D eigenvalue weighted by Gasteiger charge is -2.20. The highest BCUT2D eigenvalue weighted by Crippen LogP contribution is 2.22. The lowest BCUT2D eigenvalue weighted by Crippen LogP contribution is -2.26. The Morgan fingerprint density at radius 2 is 2.14 bits per heavy atom. The zero-order valence-electron chi connectivity index (χ0n) is 15.5. The number of allylic oxidation sites excluding steroid dienone is 2. The fourth-order valence-electron chi connectivity index (χ4n) is 2.26. The van der Waals surface area contributed by atoms with Crippen LogP contribution in [0.3, 0.4) is 0 Å². The third-order valence-corrected chi connectivity index (χ3v) is 4.39. The van der Waals surface area contributed by atoms with Gasteiger partial charge in [-0.15, -0.1) is 0 Å². The Labute approximate surface area is 183 Å². The molecule has 1 aromatic carbocycles. The van der Waals surface area contributed by atoms with Crippen LogP contribution in [-0.4, -0.2) is 36.0 Å². The highest BCUT2D eigenvalue weighted by Gasteiger charge is 2.10. The number of pyridine rings is 1. The SMILES string of the molecule is C=C(Br)/C=N\N(C)/C(=C\C(=N/C)c1ccc(Cl)cc1Cl)NCc1cccnc1. The normalized spacial score (nSPS) is 12.3. The van der Waals surface area contributed by atoms with Crippen LogP contribution in [0, 0.1) is 0 Å². The number of rotatable bonds is 8. The number of halogens is 3. The van der Waals surface area contributed by atoms with Crippen molar-refractivity contribution in [3.8, 4) is 0 Å². The van der Waals surface area contributed by atoms with Crippen LogP contribution in [0.5, 0.6) is 0 Å². The lowest BCUT2D eigenvalue weighted by atomic mass is 10.1. The van der Waals surface area contributed by atoms with Gasteiger partial charge in [0.05, 0.1) is 16.9 Å². The summed E-state index contributed by atoms with van der Waals surface area (Å²) in [6, 6.07) is 9.19. The minimum atomic E-state index is 0.524. The van der Waals surface area contributed by atoms with Gasteiger partial charge in [0.1, 0.15) is 5.82 Å².